The molecule has 3 nitrogen and oxygen atoms in total. The molecular weight excluding hydrogens is 226 g/mol. The van der Waals surface area contributed by atoms with Crippen LogP contribution < -0.4 is 0 Å². The van der Waals surface area contributed by atoms with Crippen molar-refractivity contribution in [3.63, 3.8) is 0 Å². The van der Waals surface area contributed by atoms with Crippen molar-refractivity contribution < 1.29 is 9.59 Å². The van der Waals surface area contributed by atoms with Gasteiger partial charge in [0.05, 0.1) is 16.3 Å². The summed E-state index contributed by atoms with van der Waals surface area (Å²) in [6.45, 7) is 0. The highest BCUT2D eigenvalue weighted by Crippen LogP contribution is 2.29. The zero-order valence-corrected chi connectivity index (χ0v) is 8.84. The van der Waals surface area contributed by atoms with Gasteiger partial charge < -0.3 is 4.98 Å². The average Bonchev–Trinajstić information content (AvgIpc) is 2.66. The quantitative estimate of drug-likeness (QED) is 0.758. The molecule has 0 atom stereocenters. The fraction of sp³-hybridized carbons (Fsp3) is 0. The monoisotopic (exact) mass is 231 g/mol. The summed E-state index contributed by atoms with van der Waals surface area (Å²) in [5.74, 6) is -0.551. The standard InChI is InChI=1S/C12H6ClNO2/c13-7-5-9(15)11-10(12(7)16)6-3-1-2-4-8(6)14-11/h1-5,14H. The fourth-order valence-electron chi connectivity index (χ4n) is 1.93. The van der Waals surface area contributed by atoms with Gasteiger partial charge in [0, 0.05) is 17.0 Å². The molecule has 0 aliphatic heterocycles. The number of benzene rings is 1. The number of aromatic nitrogens is 1. The lowest BCUT2D eigenvalue weighted by Gasteiger charge is -2.06. The molecule has 0 spiro atoms. The first-order chi connectivity index (χ1) is 7.68. The molecule has 0 saturated heterocycles. The third-order valence-corrected chi connectivity index (χ3v) is 2.94. The number of allylic oxidation sites excluding steroid dienone is 2. The number of carbonyl (C=O) groups is 2. The number of hydrogen-bond donors (Lipinski definition) is 1. The van der Waals surface area contributed by atoms with Crippen LogP contribution in [0.2, 0.25) is 0 Å². The van der Waals surface area contributed by atoms with Crippen molar-refractivity contribution in [1.82, 2.24) is 4.98 Å². The molecule has 1 aliphatic carbocycles. The maximum atomic E-state index is 11.9. The molecule has 1 N–H and O–H groups in total. The van der Waals surface area contributed by atoms with Crippen LogP contribution in [0.3, 0.4) is 0 Å². The predicted molar refractivity (Wildman–Crippen MR) is 60.9 cm³/mol. The Kier molecular flexibility index (Phi) is 1.79. The summed E-state index contributed by atoms with van der Waals surface area (Å²) in [6.07, 6.45) is 1.15. The van der Waals surface area contributed by atoms with Gasteiger partial charge in [0.1, 0.15) is 0 Å². The largest absolute Gasteiger partial charge is 0.351 e. The second-order valence-corrected chi connectivity index (χ2v) is 4.01. The summed E-state index contributed by atoms with van der Waals surface area (Å²) in [4.78, 5) is 26.5. The molecule has 0 saturated carbocycles. The number of H-pyrrole nitrogens is 1. The van der Waals surface area contributed by atoms with Crippen molar-refractivity contribution in [2.45, 2.75) is 0 Å². The lowest BCUT2D eigenvalue weighted by molar-refractivity contribution is 0.0989. The second kappa shape index (κ2) is 3.06. The first kappa shape index (κ1) is 9.36. The molecule has 2 aromatic rings. The zero-order chi connectivity index (χ0) is 11.3. The summed E-state index contributed by atoms with van der Waals surface area (Å²) in [5.41, 5.74) is 1.48. The molecule has 1 heterocycles. The van der Waals surface area contributed by atoms with Crippen LogP contribution in [0.1, 0.15) is 20.8 Å². The number of hydrogen-bond acceptors (Lipinski definition) is 2. The number of fused-ring (bicyclic) bond motifs is 3. The van der Waals surface area contributed by atoms with Crippen molar-refractivity contribution in [2.24, 2.45) is 0 Å². The van der Waals surface area contributed by atoms with E-state index in [0.29, 0.717) is 11.3 Å². The summed E-state index contributed by atoms with van der Waals surface area (Å²) in [7, 11) is 0. The van der Waals surface area contributed by atoms with Gasteiger partial charge in [-0.15, -0.1) is 0 Å². The van der Waals surface area contributed by atoms with E-state index in [-0.39, 0.29) is 16.6 Å². The van der Waals surface area contributed by atoms with E-state index in [0.717, 1.165) is 17.0 Å². The van der Waals surface area contributed by atoms with Crippen molar-refractivity contribution in [3.05, 3.63) is 46.6 Å². The van der Waals surface area contributed by atoms with Crippen LogP contribution in [0.5, 0.6) is 0 Å². The normalized spacial score (nSPS) is 15.2. The van der Waals surface area contributed by atoms with Gasteiger partial charge in [0.15, 0.2) is 0 Å². The highest BCUT2D eigenvalue weighted by molar-refractivity contribution is 6.50. The van der Waals surface area contributed by atoms with Gasteiger partial charge in [-0.25, -0.2) is 0 Å². The Morgan fingerprint density at radius 2 is 1.88 bits per heavy atom. The molecule has 0 fully saturated rings. The number of halogens is 1. The lowest BCUT2D eigenvalue weighted by atomic mass is 9.99. The maximum absolute atomic E-state index is 11.9. The number of carbonyl (C=O) groups excluding carboxylic acids is 2. The Labute approximate surface area is 95.7 Å². The average molecular weight is 232 g/mol. The minimum Gasteiger partial charge on any atom is -0.351 e. The molecule has 1 aliphatic rings. The first-order valence-corrected chi connectivity index (χ1v) is 5.13. The van der Waals surface area contributed by atoms with E-state index in [1.807, 2.05) is 18.2 Å². The molecule has 0 radical (unpaired) electrons. The van der Waals surface area contributed by atoms with E-state index in [1.54, 1.807) is 6.07 Å². The molecule has 1 aromatic carbocycles. The van der Waals surface area contributed by atoms with Gasteiger partial charge >= 0.3 is 0 Å². The van der Waals surface area contributed by atoms with Gasteiger partial charge in [0.2, 0.25) is 11.6 Å². The van der Waals surface area contributed by atoms with Crippen LogP contribution in [0.15, 0.2) is 35.4 Å². The van der Waals surface area contributed by atoms with Crippen LogP contribution in [0, 0.1) is 0 Å². The number of para-hydroxylation sites is 1. The lowest BCUT2D eigenvalue weighted by Crippen LogP contribution is -2.13. The van der Waals surface area contributed by atoms with E-state index in [1.165, 1.54) is 0 Å². The molecule has 0 unspecified atom stereocenters. The van der Waals surface area contributed by atoms with Gasteiger partial charge in [0.25, 0.3) is 0 Å². The summed E-state index contributed by atoms with van der Waals surface area (Å²) in [5, 5.41) is 0.712. The molecule has 1 aromatic heterocycles. The Morgan fingerprint density at radius 3 is 2.69 bits per heavy atom. The molecule has 0 amide bonds. The minimum atomic E-state index is -0.297. The van der Waals surface area contributed by atoms with E-state index >= 15 is 0 Å². The van der Waals surface area contributed by atoms with Crippen molar-refractivity contribution in [3.8, 4) is 0 Å². The molecule has 0 bridgehead atoms. The molecule has 78 valence electrons. The number of rotatable bonds is 0. The third kappa shape index (κ3) is 1.09. The van der Waals surface area contributed by atoms with Crippen LogP contribution in [0.25, 0.3) is 10.9 Å². The number of aromatic amines is 1. The predicted octanol–water partition coefficient (Wildman–Crippen LogP) is 2.67. The highest BCUT2D eigenvalue weighted by atomic mass is 35.5. The van der Waals surface area contributed by atoms with E-state index in [9.17, 15) is 9.59 Å². The number of nitrogens with one attached hydrogen (secondary N) is 1. The van der Waals surface area contributed by atoms with Crippen molar-refractivity contribution in [2.75, 3.05) is 0 Å². The molecule has 4 heteroatoms. The number of ketones is 2. The molecule has 3 rings (SSSR count). The minimum absolute atomic E-state index is 0.0257. The summed E-state index contributed by atoms with van der Waals surface area (Å²) in [6, 6.07) is 7.28. The van der Waals surface area contributed by atoms with Crippen LogP contribution >= 0.6 is 11.6 Å². The van der Waals surface area contributed by atoms with Crippen LogP contribution in [0.4, 0.5) is 0 Å². The van der Waals surface area contributed by atoms with Gasteiger partial charge in [-0.3, -0.25) is 9.59 Å². The first-order valence-electron chi connectivity index (χ1n) is 4.75. The zero-order valence-electron chi connectivity index (χ0n) is 8.08. The Morgan fingerprint density at radius 1 is 1.12 bits per heavy atom. The topological polar surface area (TPSA) is 49.9 Å². The van der Waals surface area contributed by atoms with Crippen LogP contribution in [-0.4, -0.2) is 16.6 Å². The van der Waals surface area contributed by atoms with Gasteiger partial charge in [-0.05, 0) is 6.07 Å². The SMILES string of the molecule is O=C1C=C(Cl)C(=O)c2c1[nH]c1ccccc21. The van der Waals surface area contributed by atoms with E-state index in [4.69, 9.17) is 11.6 Å². The molecular formula is C12H6ClNO2. The highest BCUT2D eigenvalue weighted by Gasteiger charge is 2.28. The van der Waals surface area contributed by atoms with E-state index in [2.05, 4.69) is 4.98 Å². The Balaban J connectivity index is 2.44. The van der Waals surface area contributed by atoms with Crippen LogP contribution in [-0.2, 0) is 0 Å². The van der Waals surface area contributed by atoms with Gasteiger partial charge in [-0.1, -0.05) is 29.8 Å². The fourth-order valence-corrected chi connectivity index (χ4v) is 2.13. The van der Waals surface area contributed by atoms with Crippen molar-refractivity contribution in [1.29, 1.82) is 0 Å². The Hall–Kier alpha value is -1.87. The van der Waals surface area contributed by atoms with Crippen molar-refractivity contribution >= 4 is 34.1 Å². The third-order valence-electron chi connectivity index (χ3n) is 2.65. The summed E-state index contributed by atoms with van der Waals surface area (Å²) < 4.78 is 0. The smallest absolute Gasteiger partial charge is 0.207 e. The molecule has 16 heavy (non-hydrogen) atoms. The Bertz CT molecular complexity index is 667. The summed E-state index contributed by atoms with van der Waals surface area (Å²) >= 11 is 5.72. The second-order valence-electron chi connectivity index (χ2n) is 3.61. The van der Waals surface area contributed by atoms with Gasteiger partial charge in [-0.2, -0.15) is 0 Å². The number of Topliss-reactive ketones (excluding diaryl/α,β-unsaturated/α-hetero) is 1. The van der Waals surface area contributed by atoms with E-state index < -0.39 is 0 Å². The maximum Gasteiger partial charge on any atom is 0.207 e.